The molecule has 0 spiro atoms. The van der Waals surface area contributed by atoms with Crippen LogP contribution in [0.25, 0.3) is 6.08 Å². The molecular weight excluding hydrogens is 343 g/mol. The molecular formula is C19H18ClFN2O2. The number of nitrogens with one attached hydrogen (secondary N) is 1. The summed E-state index contributed by atoms with van der Waals surface area (Å²) in [6.07, 6.45) is 3.02. The molecule has 0 atom stereocenters. The van der Waals surface area contributed by atoms with E-state index in [-0.39, 0.29) is 24.2 Å². The largest absolute Gasteiger partial charge is 0.333 e. The molecule has 130 valence electrons. The van der Waals surface area contributed by atoms with E-state index in [0.717, 1.165) is 11.1 Å². The predicted molar refractivity (Wildman–Crippen MR) is 97.9 cm³/mol. The van der Waals surface area contributed by atoms with E-state index >= 15 is 0 Å². The fraction of sp³-hybridized carbons (Fsp3) is 0.158. The van der Waals surface area contributed by atoms with Crippen LogP contribution in [0.5, 0.6) is 0 Å². The monoisotopic (exact) mass is 360 g/mol. The Morgan fingerprint density at radius 3 is 2.52 bits per heavy atom. The molecule has 6 heteroatoms. The van der Waals surface area contributed by atoms with Crippen LogP contribution < -0.4 is 5.32 Å². The molecule has 4 nitrogen and oxygen atoms in total. The molecule has 2 aromatic rings. The third-order valence-electron chi connectivity index (χ3n) is 3.50. The topological polar surface area (TPSA) is 49.4 Å². The minimum atomic E-state index is -0.383. The van der Waals surface area contributed by atoms with E-state index in [9.17, 15) is 14.0 Å². The van der Waals surface area contributed by atoms with E-state index in [1.165, 1.54) is 42.3 Å². The number of amides is 2. The summed E-state index contributed by atoms with van der Waals surface area (Å²) >= 11 is 6.04. The highest BCUT2D eigenvalue weighted by atomic mass is 35.5. The first-order valence-corrected chi connectivity index (χ1v) is 7.97. The van der Waals surface area contributed by atoms with Gasteiger partial charge in [0, 0.05) is 23.8 Å². The second kappa shape index (κ2) is 8.44. The van der Waals surface area contributed by atoms with Crippen molar-refractivity contribution in [2.24, 2.45) is 0 Å². The van der Waals surface area contributed by atoms with Crippen molar-refractivity contribution in [1.82, 2.24) is 4.90 Å². The van der Waals surface area contributed by atoms with E-state index in [1.807, 2.05) is 19.1 Å². The van der Waals surface area contributed by atoms with Gasteiger partial charge in [0.2, 0.25) is 11.8 Å². The Labute approximate surface area is 150 Å². The smallest absolute Gasteiger partial charge is 0.246 e. The first-order chi connectivity index (χ1) is 11.8. The number of hydrogen-bond acceptors (Lipinski definition) is 2. The minimum Gasteiger partial charge on any atom is -0.333 e. The lowest BCUT2D eigenvalue weighted by atomic mass is 10.1. The first kappa shape index (κ1) is 18.7. The fourth-order valence-electron chi connectivity index (χ4n) is 2.03. The van der Waals surface area contributed by atoms with Gasteiger partial charge in [-0.25, -0.2) is 4.39 Å². The zero-order valence-electron chi connectivity index (χ0n) is 13.9. The van der Waals surface area contributed by atoms with Crippen LogP contribution in [0.2, 0.25) is 5.02 Å². The van der Waals surface area contributed by atoms with Gasteiger partial charge in [-0.05, 0) is 54.5 Å². The van der Waals surface area contributed by atoms with Crippen molar-refractivity contribution in [3.05, 3.63) is 70.5 Å². The lowest BCUT2D eigenvalue weighted by molar-refractivity contribution is -0.129. The van der Waals surface area contributed by atoms with Crippen LogP contribution in [0.4, 0.5) is 10.1 Å². The second-order valence-electron chi connectivity index (χ2n) is 5.59. The number of anilines is 1. The van der Waals surface area contributed by atoms with Crippen LogP contribution in [-0.4, -0.2) is 30.3 Å². The van der Waals surface area contributed by atoms with Crippen LogP contribution in [0.1, 0.15) is 11.1 Å². The van der Waals surface area contributed by atoms with Gasteiger partial charge in [0.05, 0.1) is 6.54 Å². The second-order valence-corrected chi connectivity index (χ2v) is 6.00. The van der Waals surface area contributed by atoms with Gasteiger partial charge in [0.1, 0.15) is 5.82 Å². The van der Waals surface area contributed by atoms with Crippen molar-refractivity contribution >= 4 is 35.2 Å². The Morgan fingerprint density at radius 1 is 1.20 bits per heavy atom. The summed E-state index contributed by atoms with van der Waals surface area (Å²) in [6.45, 7) is 1.78. The van der Waals surface area contributed by atoms with Crippen LogP contribution in [0.15, 0.2) is 48.5 Å². The van der Waals surface area contributed by atoms with Gasteiger partial charge < -0.3 is 10.2 Å². The van der Waals surface area contributed by atoms with Gasteiger partial charge in [-0.2, -0.15) is 0 Å². The van der Waals surface area contributed by atoms with E-state index in [1.54, 1.807) is 12.1 Å². The van der Waals surface area contributed by atoms with E-state index < -0.39 is 0 Å². The van der Waals surface area contributed by atoms with Crippen molar-refractivity contribution in [3.8, 4) is 0 Å². The molecule has 25 heavy (non-hydrogen) atoms. The SMILES string of the molecule is Cc1ccc(/C=C/C(=O)N(C)CC(=O)Nc2ccc(F)cc2)cc1Cl. The van der Waals surface area contributed by atoms with Gasteiger partial charge in [0.15, 0.2) is 0 Å². The zero-order chi connectivity index (χ0) is 18.4. The van der Waals surface area contributed by atoms with Gasteiger partial charge in [-0.3, -0.25) is 9.59 Å². The molecule has 1 N–H and O–H groups in total. The standard InChI is InChI=1S/C19H18ClFN2O2/c1-13-3-4-14(11-17(13)20)5-10-19(25)23(2)12-18(24)22-16-8-6-15(21)7-9-16/h3-11H,12H2,1-2H3,(H,22,24)/b10-5+. The predicted octanol–water partition coefficient (Wildman–Crippen LogP) is 3.90. The molecule has 0 unspecified atom stereocenters. The number of halogens is 2. The van der Waals surface area contributed by atoms with Crippen LogP contribution in [0.3, 0.4) is 0 Å². The summed E-state index contributed by atoms with van der Waals surface area (Å²) in [6, 6.07) is 10.9. The maximum absolute atomic E-state index is 12.8. The lowest BCUT2D eigenvalue weighted by Crippen LogP contribution is -2.33. The summed E-state index contributed by atoms with van der Waals surface area (Å²) in [5.41, 5.74) is 2.23. The molecule has 0 aromatic heterocycles. The average Bonchev–Trinajstić information content (AvgIpc) is 2.57. The molecule has 0 aliphatic rings. The number of benzene rings is 2. The van der Waals surface area contributed by atoms with Gasteiger partial charge in [0.25, 0.3) is 0 Å². The highest BCUT2D eigenvalue weighted by Crippen LogP contribution is 2.17. The Hall–Kier alpha value is -2.66. The van der Waals surface area contributed by atoms with Crippen molar-refractivity contribution < 1.29 is 14.0 Å². The molecule has 2 rings (SSSR count). The van der Waals surface area contributed by atoms with Crippen molar-refractivity contribution in [1.29, 1.82) is 0 Å². The molecule has 2 aromatic carbocycles. The molecule has 0 saturated carbocycles. The Kier molecular flexibility index (Phi) is 6.31. The lowest BCUT2D eigenvalue weighted by Gasteiger charge is -2.14. The molecule has 0 radical (unpaired) electrons. The van der Waals surface area contributed by atoms with Crippen molar-refractivity contribution in [3.63, 3.8) is 0 Å². The number of aryl methyl sites for hydroxylation is 1. The van der Waals surface area contributed by atoms with E-state index in [0.29, 0.717) is 10.7 Å². The highest BCUT2D eigenvalue weighted by molar-refractivity contribution is 6.31. The van der Waals surface area contributed by atoms with Gasteiger partial charge in [-0.1, -0.05) is 23.7 Å². The maximum Gasteiger partial charge on any atom is 0.246 e. The molecule has 0 saturated heterocycles. The maximum atomic E-state index is 12.8. The van der Waals surface area contributed by atoms with Crippen molar-refractivity contribution in [2.45, 2.75) is 6.92 Å². The number of carbonyl (C=O) groups excluding carboxylic acids is 2. The Morgan fingerprint density at radius 2 is 1.88 bits per heavy atom. The van der Waals surface area contributed by atoms with Crippen LogP contribution in [0, 0.1) is 12.7 Å². The third-order valence-corrected chi connectivity index (χ3v) is 3.91. The molecule has 0 fully saturated rings. The number of rotatable bonds is 5. The summed E-state index contributed by atoms with van der Waals surface area (Å²) in [7, 11) is 1.53. The zero-order valence-corrected chi connectivity index (χ0v) is 14.7. The molecule has 0 bridgehead atoms. The Bertz CT molecular complexity index is 804. The fourth-order valence-corrected chi connectivity index (χ4v) is 2.22. The molecule has 0 aliphatic heterocycles. The summed E-state index contributed by atoms with van der Waals surface area (Å²) in [4.78, 5) is 25.3. The number of nitrogens with zero attached hydrogens (tertiary/aromatic N) is 1. The van der Waals surface area contributed by atoms with E-state index in [2.05, 4.69) is 5.32 Å². The number of likely N-dealkylation sites (N-methyl/N-ethyl adjacent to an activating group) is 1. The normalized spacial score (nSPS) is 10.7. The summed E-state index contributed by atoms with van der Waals surface area (Å²) in [5.74, 6) is -1.06. The molecule has 0 aliphatic carbocycles. The molecule has 0 heterocycles. The first-order valence-electron chi connectivity index (χ1n) is 7.60. The van der Waals surface area contributed by atoms with Gasteiger partial charge in [-0.15, -0.1) is 0 Å². The average molecular weight is 361 g/mol. The van der Waals surface area contributed by atoms with Crippen molar-refractivity contribution in [2.75, 3.05) is 18.9 Å². The quantitative estimate of drug-likeness (QED) is 0.822. The summed E-state index contributed by atoms with van der Waals surface area (Å²) < 4.78 is 12.8. The highest BCUT2D eigenvalue weighted by Gasteiger charge is 2.11. The number of hydrogen-bond donors (Lipinski definition) is 1. The minimum absolute atomic E-state index is 0.116. The Balaban J connectivity index is 1.90. The van der Waals surface area contributed by atoms with Crippen LogP contribution >= 0.6 is 11.6 Å². The van der Waals surface area contributed by atoms with Gasteiger partial charge >= 0.3 is 0 Å². The molecule has 2 amide bonds. The van der Waals surface area contributed by atoms with Crippen LogP contribution in [-0.2, 0) is 9.59 Å². The summed E-state index contributed by atoms with van der Waals surface area (Å²) in [5, 5.41) is 3.23. The number of carbonyl (C=O) groups is 2. The van der Waals surface area contributed by atoms with E-state index in [4.69, 9.17) is 11.6 Å². The third kappa shape index (κ3) is 5.72.